The molecule has 1 aromatic rings. The molecule has 0 aliphatic heterocycles. The van der Waals surface area contributed by atoms with Crippen molar-refractivity contribution in [2.75, 3.05) is 7.11 Å². The first-order chi connectivity index (χ1) is 7.20. The fraction of sp³-hybridized carbons (Fsp3) is 0.727. The highest BCUT2D eigenvalue weighted by atomic mass is 32.1. The summed E-state index contributed by atoms with van der Waals surface area (Å²) < 4.78 is 5.09. The molecule has 2 aliphatic carbocycles. The van der Waals surface area contributed by atoms with E-state index in [0.717, 1.165) is 5.01 Å². The number of aromatic nitrogens is 1. The summed E-state index contributed by atoms with van der Waals surface area (Å²) in [6.45, 7) is 0.623. The molecule has 1 aromatic heterocycles. The predicted molar refractivity (Wildman–Crippen MR) is 59.9 cm³/mol. The van der Waals surface area contributed by atoms with E-state index >= 15 is 0 Å². The minimum atomic E-state index is 0.0748. The molecule has 1 heterocycles. The molecule has 15 heavy (non-hydrogen) atoms. The van der Waals surface area contributed by atoms with Crippen molar-refractivity contribution in [3.8, 4) is 0 Å². The van der Waals surface area contributed by atoms with Gasteiger partial charge in [-0.3, -0.25) is 0 Å². The molecule has 0 saturated heterocycles. The number of nitrogens with two attached hydrogens (primary N) is 1. The summed E-state index contributed by atoms with van der Waals surface area (Å²) in [4.78, 5) is 4.65. The molecule has 4 heteroatoms. The smallest absolute Gasteiger partial charge is 0.119 e. The van der Waals surface area contributed by atoms with E-state index in [1.54, 1.807) is 18.4 Å². The zero-order valence-corrected chi connectivity index (χ0v) is 9.77. The van der Waals surface area contributed by atoms with Crippen molar-refractivity contribution >= 4 is 11.3 Å². The summed E-state index contributed by atoms with van der Waals surface area (Å²) in [5.41, 5.74) is 7.86. The van der Waals surface area contributed by atoms with Gasteiger partial charge in [0, 0.05) is 23.4 Å². The van der Waals surface area contributed by atoms with Gasteiger partial charge in [-0.1, -0.05) is 0 Å². The number of hydrogen-bond donors (Lipinski definition) is 1. The fourth-order valence-electron chi connectivity index (χ4n) is 2.47. The Kier molecular flexibility index (Phi) is 1.97. The Morgan fingerprint density at radius 3 is 2.73 bits per heavy atom. The van der Waals surface area contributed by atoms with Crippen LogP contribution in [0, 0.1) is 0 Å². The molecule has 0 bridgehead atoms. The van der Waals surface area contributed by atoms with Crippen LogP contribution >= 0.6 is 11.3 Å². The van der Waals surface area contributed by atoms with Crippen LogP contribution in [0.5, 0.6) is 0 Å². The maximum absolute atomic E-state index is 6.34. The van der Waals surface area contributed by atoms with E-state index in [-0.39, 0.29) is 11.0 Å². The Labute approximate surface area is 93.7 Å². The third kappa shape index (κ3) is 1.35. The Balaban J connectivity index is 1.86. The van der Waals surface area contributed by atoms with Gasteiger partial charge in [0.25, 0.3) is 0 Å². The summed E-state index contributed by atoms with van der Waals surface area (Å²) in [6.07, 6.45) is 4.79. The molecule has 2 aliphatic rings. The predicted octanol–water partition coefficient (Wildman–Crippen LogP) is 1.81. The van der Waals surface area contributed by atoms with Crippen LogP contribution in [0.25, 0.3) is 0 Å². The molecule has 2 fully saturated rings. The highest BCUT2D eigenvalue weighted by molar-refractivity contribution is 7.09. The van der Waals surface area contributed by atoms with Gasteiger partial charge in [0.2, 0.25) is 0 Å². The van der Waals surface area contributed by atoms with Crippen LogP contribution in [-0.2, 0) is 16.8 Å². The van der Waals surface area contributed by atoms with E-state index in [1.807, 2.05) is 0 Å². The van der Waals surface area contributed by atoms with Crippen molar-refractivity contribution in [2.45, 2.75) is 43.2 Å². The fourth-order valence-corrected chi connectivity index (χ4v) is 3.33. The van der Waals surface area contributed by atoms with Crippen LogP contribution < -0.4 is 5.73 Å². The Morgan fingerprint density at radius 1 is 1.47 bits per heavy atom. The number of nitrogens with zero attached hydrogens (tertiary/aromatic N) is 1. The van der Waals surface area contributed by atoms with Crippen molar-refractivity contribution in [2.24, 2.45) is 5.73 Å². The first-order valence-corrected chi connectivity index (χ1v) is 6.31. The molecule has 3 rings (SSSR count). The molecule has 0 atom stereocenters. The van der Waals surface area contributed by atoms with Crippen molar-refractivity contribution in [1.82, 2.24) is 4.98 Å². The molecular formula is C11H16N2OS. The Bertz CT molecular complexity index is 380. The number of ether oxygens (including phenoxy) is 1. The van der Waals surface area contributed by atoms with Gasteiger partial charge in [0.05, 0.1) is 12.3 Å². The molecule has 0 unspecified atom stereocenters. The first-order valence-electron chi connectivity index (χ1n) is 5.43. The van der Waals surface area contributed by atoms with Gasteiger partial charge < -0.3 is 10.5 Å². The highest BCUT2D eigenvalue weighted by Gasteiger charge is 2.65. The van der Waals surface area contributed by atoms with Crippen molar-refractivity contribution in [3.05, 3.63) is 16.1 Å². The lowest BCUT2D eigenvalue weighted by Crippen LogP contribution is -2.37. The van der Waals surface area contributed by atoms with E-state index < -0.39 is 0 Å². The van der Waals surface area contributed by atoms with Gasteiger partial charge in [-0.25, -0.2) is 4.98 Å². The minimum absolute atomic E-state index is 0.0748. The Morgan fingerprint density at radius 2 is 2.20 bits per heavy atom. The largest absolute Gasteiger partial charge is 0.378 e. The summed E-state index contributed by atoms with van der Waals surface area (Å²) in [5, 5.41) is 3.25. The van der Waals surface area contributed by atoms with Gasteiger partial charge >= 0.3 is 0 Å². The summed E-state index contributed by atoms with van der Waals surface area (Å²) in [6, 6.07) is 0. The summed E-state index contributed by atoms with van der Waals surface area (Å²) in [7, 11) is 1.71. The third-order valence-electron chi connectivity index (χ3n) is 3.80. The van der Waals surface area contributed by atoms with Crippen molar-refractivity contribution in [1.29, 1.82) is 0 Å². The average Bonchev–Trinajstić information content (AvgIpc) is 3.11. The minimum Gasteiger partial charge on any atom is -0.378 e. The molecule has 82 valence electrons. The molecule has 2 saturated carbocycles. The van der Waals surface area contributed by atoms with E-state index in [1.165, 1.54) is 31.4 Å². The van der Waals surface area contributed by atoms with Gasteiger partial charge in [0.15, 0.2) is 0 Å². The van der Waals surface area contributed by atoms with Gasteiger partial charge in [-0.15, -0.1) is 11.3 Å². The second-order valence-electron chi connectivity index (χ2n) is 4.80. The van der Waals surface area contributed by atoms with Crippen LogP contribution in [-0.4, -0.2) is 17.6 Å². The highest BCUT2D eigenvalue weighted by Crippen LogP contribution is 2.63. The molecule has 0 spiro atoms. The maximum Gasteiger partial charge on any atom is 0.119 e. The van der Waals surface area contributed by atoms with Gasteiger partial charge in [-0.2, -0.15) is 0 Å². The molecule has 3 nitrogen and oxygen atoms in total. The Hall–Kier alpha value is -0.450. The molecule has 0 amide bonds. The average molecular weight is 224 g/mol. The third-order valence-corrected chi connectivity index (χ3v) is 4.62. The van der Waals surface area contributed by atoms with Crippen molar-refractivity contribution < 1.29 is 4.74 Å². The normalized spacial score (nSPS) is 25.2. The lowest BCUT2D eigenvalue weighted by atomic mass is 9.91. The molecule has 0 aromatic carbocycles. The van der Waals surface area contributed by atoms with Crippen LogP contribution in [0.3, 0.4) is 0 Å². The second kappa shape index (κ2) is 3.03. The van der Waals surface area contributed by atoms with Crippen molar-refractivity contribution in [3.63, 3.8) is 0 Å². The summed E-state index contributed by atoms with van der Waals surface area (Å²) >= 11 is 1.69. The molecular weight excluding hydrogens is 208 g/mol. The van der Waals surface area contributed by atoms with E-state index in [9.17, 15) is 0 Å². The number of methoxy groups -OCH3 is 1. The van der Waals surface area contributed by atoms with Crippen LogP contribution in [0.15, 0.2) is 5.38 Å². The SMILES string of the molecule is COCc1nc(C2(C3(N)CC3)CC2)cs1. The monoisotopic (exact) mass is 224 g/mol. The standard InChI is InChI=1S/C11H16N2OS/c1-14-6-9-13-8(7-15-9)10(2-3-10)11(12)4-5-11/h7H,2-6,12H2,1H3. The molecule has 2 N–H and O–H groups in total. The van der Waals surface area contributed by atoms with E-state index in [2.05, 4.69) is 10.4 Å². The zero-order chi connectivity index (χ0) is 10.5. The lowest BCUT2D eigenvalue weighted by Gasteiger charge is -2.20. The number of thiazole rings is 1. The van der Waals surface area contributed by atoms with Crippen LogP contribution in [0.2, 0.25) is 0 Å². The lowest BCUT2D eigenvalue weighted by molar-refractivity contribution is 0.184. The zero-order valence-electron chi connectivity index (χ0n) is 8.95. The van der Waals surface area contributed by atoms with E-state index in [0.29, 0.717) is 6.61 Å². The summed E-state index contributed by atoms with van der Waals surface area (Å²) in [5.74, 6) is 0. The molecule has 0 radical (unpaired) electrons. The topological polar surface area (TPSA) is 48.1 Å². The maximum atomic E-state index is 6.34. The van der Waals surface area contributed by atoms with Gasteiger partial charge in [0.1, 0.15) is 5.01 Å². The second-order valence-corrected chi connectivity index (χ2v) is 5.74. The van der Waals surface area contributed by atoms with Gasteiger partial charge in [-0.05, 0) is 25.7 Å². The first kappa shape index (κ1) is 9.75. The number of hydrogen-bond acceptors (Lipinski definition) is 4. The van der Waals surface area contributed by atoms with Crippen LogP contribution in [0.4, 0.5) is 0 Å². The quantitative estimate of drug-likeness (QED) is 0.848. The number of rotatable bonds is 4. The van der Waals surface area contributed by atoms with E-state index in [4.69, 9.17) is 10.5 Å². The van der Waals surface area contributed by atoms with Crippen LogP contribution in [0.1, 0.15) is 36.4 Å².